The number of aryl methyl sites for hydroxylation is 1. The lowest BCUT2D eigenvalue weighted by Crippen LogP contribution is -2.32. The van der Waals surface area contributed by atoms with Crippen molar-refractivity contribution in [3.05, 3.63) is 20.3 Å². The molecule has 4 atom stereocenters. The Morgan fingerprint density at radius 1 is 1.37 bits per heavy atom. The van der Waals surface area contributed by atoms with Crippen molar-refractivity contribution in [3.63, 3.8) is 0 Å². The second-order valence-corrected chi connectivity index (χ2v) is 8.57. The first-order valence-corrected chi connectivity index (χ1v) is 9.13. The molecule has 4 unspecified atom stereocenters. The van der Waals surface area contributed by atoms with Gasteiger partial charge in [-0.1, -0.05) is 27.2 Å². The van der Waals surface area contributed by atoms with E-state index in [9.17, 15) is 0 Å². The molecule has 0 amide bonds. The van der Waals surface area contributed by atoms with E-state index in [-0.39, 0.29) is 0 Å². The fourth-order valence-corrected chi connectivity index (χ4v) is 4.99. The summed E-state index contributed by atoms with van der Waals surface area (Å²) in [5.41, 5.74) is 1.38. The quantitative estimate of drug-likeness (QED) is 0.756. The van der Waals surface area contributed by atoms with Gasteiger partial charge in [0.25, 0.3) is 0 Å². The van der Waals surface area contributed by atoms with E-state index >= 15 is 0 Å². The Balaban J connectivity index is 2.15. The Hall–Kier alpha value is 0.140. The number of hydrogen-bond acceptors (Lipinski definition) is 2. The van der Waals surface area contributed by atoms with Gasteiger partial charge in [0.1, 0.15) is 0 Å². The smallest absolute Gasteiger partial charge is 0.0731 e. The van der Waals surface area contributed by atoms with E-state index in [0.717, 1.165) is 24.3 Å². The Kier molecular flexibility index (Phi) is 5.50. The second-order valence-electron chi connectivity index (χ2n) is 6.17. The van der Waals surface area contributed by atoms with E-state index in [1.165, 1.54) is 33.5 Å². The summed E-state index contributed by atoms with van der Waals surface area (Å²) < 4.78 is 1.29. The predicted molar refractivity (Wildman–Crippen MR) is 88.8 cm³/mol. The summed E-state index contributed by atoms with van der Waals surface area (Å²) in [7, 11) is 0. The van der Waals surface area contributed by atoms with Gasteiger partial charge in [0.15, 0.2) is 0 Å². The van der Waals surface area contributed by atoms with Crippen LogP contribution in [-0.4, -0.2) is 6.54 Å². The third kappa shape index (κ3) is 3.62. The van der Waals surface area contributed by atoms with Gasteiger partial charge >= 0.3 is 0 Å². The van der Waals surface area contributed by atoms with Crippen LogP contribution in [0, 0.1) is 24.7 Å². The number of rotatable bonds is 4. The molecule has 108 valence electrons. The highest BCUT2D eigenvalue weighted by molar-refractivity contribution is 9.11. The molecule has 2 rings (SSSR count). The lowest BCUT2D eigenvalue weighted by molar-refractivity contribution is 0.173. The van der Waals surface area contributed by atoms with Crippen molar-refractivity contribution in [1.29, 1.82) is 0 Å². The summed E-state index contributed by atoms with van der Waals surface area (Å²) in [5.74, 6) is 2.57. The molecule has 0 radical (unpaired) electrons. The van der Waals surface area contributed by atoms with Gasteiger partial charge in [0.2, 0.25) is 0 Å². The third-order valence-electron chi connectivity index (χ3n) is 4.72. The molecule has 0 saturated heterocycles. The predicted octanol–water partition coefficient (Wildman–Crippen LogP) is 5.54. The Labute approximate surface area is 130 Å². The van der Waals surface area contributed by atoms with Crippen LogP contribution >= 0.6 is 27.3 Å². The van der Waals surface area contributed by atoms with Crippen LogP contribution in [0.3, 0.4) is 0 Å². The number of thiophene rings is 1. The maximum Gasteiger partial charge on any atom is 0.0731 e. The van der Waals surface area contributed by atoms with Crippen LogP contribution in [0.4, 0.5) is 0 Å². The van der Waals surface area contributed by atoms with E-state index < -0.39 is 0 Å². The summed E-state index contributed by atoms with van der Waals surface area (Å²) in [6.07, 6.45) is 4.13. The van der Waals surface area contributed by atoms with Crippen molar-refractivity contribution in [3.8, 4) is 0 Å². The Bertz CT molecular complexity index is 395. The van der Waals surface area contributed by atoms with Crippen molar-refractivity contribution >= 4 is 27.3 Å². The number of hydrogen-bond donors (Lipinski definition) is 1. The highest BCUT2D eigenvalue weighted by Gasteiger charge is 2.31. The molecule has 0 aliphatic heterocycles. The van der Waals surface area contributed by atoms with Gasteiger partial charge in [-0.15, -0.1) is 11.3 Å². The number of halogens is 1. The molecular weight excluding hydrogens is 318 g/mol. The molecule has 1 aliphatic carbocycles. The largest absolute Gasteiger partial charge is 0.309 e. The fourth-order valence-electron chi connectivity index (χ4n) is 3.25. The van der Waals surface area contributed by atoms with E-state index in [1.54, 1.807) is 0 Å². The molecule has 1 aromatic rings. The zero-order valence-electron chi connectivity index (χ0n) is 12.5. The first-order valence-electron chi connectivity index (χ1n) is 7.52. The molecule has 1 fully saturated rings. The van der Waals surface area contributed by atoms with Crippen LogP contribution in [0.25, 0.3) is 0 Å². The summed E-state index contributed by atoms with van der Waals surface area (Å²) in [6, 6.07) is 2.92. The van der Waals surface area contributed by atoms with Gasteiger partial charge in [0, 0.05) is 10.9 Å². The maximum atomic E-state index is 3.73. The van der Waals surface area contributed by atoms with Gasteiger partial charge < -0.3 is 5.32 Å². The SMILES string of the molecule is CCNC(c1cc(C)c(Br)s1)C1CCC(C)C(C)C1. The van der Waals surface area contributed by atoms with E-state index in [4.69, 9.17) is 0 Å². The summed E-state index contributed by atoms with van der Waals surface area (Å²) >= 11 is 5.58. The lowest BCUT2D eigenvalue weighted by Gasteiger charge is -2.36. The molecule has 0 spiro atoms. The minimum Gasteiger partial charge on any atom is -0.309 e. The van der Waals surface area contributed by atoms with Crippen LogP contribution in [0.1, 0.15) is 56.5 Å². The lowest BCUT2D eigenvalue weighted by atomic mass is 9.73. The van der Waals surface area contributed by atoms with Crippen LogP contribution in [-0.2, 0) is 0 Å². The number of nitrogens with one attached hydrogen (secondary N) is 1. The standard InChI is InChI=1S/C16H26BrNS/c1-5-18-15(14-9-12(4)16(17)19-14)13-7-6-10(2)11(3)8-13/h9-11,13,15,18H,5-8H2,1-4H3. The van der Waals surface area contributed by atoms with Crippen LogP contribution in [0.2, 0.25) is 0 Å². The summed E-state index contributed by atoms with van der Waals surface area (Å²) in [6.45, 7) is 10.3. The molecule has 0 aromatic carbocycles. The van der Waals surface area contributed by atoms with E-state index in [2.05, 4.69) is 55.0 Å². The molecule has 1 heterocycles. The molecule has 3 heteroatoms. The van der Waals surface area contributed by atoms with Crippen molar-refractivity contribution in [2.24, 2.45) is 17.8 Å². The van der Waals surface area contributed by atoms with Crippen molar-refractivity contribution in [2.45, 2.75) is 53.0 Å². The average Bonchev–Trinajstić information content (AvgIpc) is 2.70. The Morgan fingerprint density at radius 2 is 2.11 bits per heavy atom. The maximum absolute atomic E-state index is 3.73. The Morgan fingerprint density at radius 3 is 2.63 bits per heavy atom. The molecule has 1 aliphatic rings. The molecule has 1 N–H and O–H groups in total. The first kappa shape index (κ1) is 15.5. The van der Waals surface area contributed by atoms with Crippen LogP contribution < -0.4 is 5.32 Å². The zero-order valence-corrected chi connectivity index (χ0v) is 14.9. The molecule has 1 saturated carbocycles. The highest BCUT2D eigenvalue weighted by atomic mass is 79.9. The average molecular weight is 344 g/mol. The molecule has 0 bridgehead atoms. The van der Waals surface area contributed by atoms with E-state index in [0.29, 0.717) is 6.04 Å². The van der Waals surface area contributed by atoms with Crippen molar-refractivity contribution < 1.29 is 0 Å². The monoisotopic (exact) mass is 343 g/mol. The van der Waals surface area contributed by atoms with Crippen LogP contribution in [0.15, 0.2) is 9.85 Å². The summed E-state index contributed by atoms with van der Waals surface area (Å²) in [5, 5.41) is 3.73. The molecular formula is C16H26BrNS. The first-order chi connectivity index (χ1) is 9.02. The van der Waals surface area contributed by atoms with Crippen LogP contribution in [0.5, 0.6) is 0 Å². The van der Waals surface area contributed by atoms with Gasteiger partial charge in [-0.3, -0.25) is 0 Å². The van der Waals surface area contributed by atoms with E-state index in [1.807, 2.05) is 11.3 Å². The van der Waals surface area contributed by atoms with Gasteiger partial charge in [-0.2, -0.15) is 0 Å². The van der Waals surface area contributed by atoms with Crippen molar-refractivity contribution in [2.75, 3.05) is 6.54 Å². The van der Waals surface area contributed by atoms with Gasteiger partial charge in [0.05, 0.1) is 3.79 Å². The normalized spacial score (nSPS) is 29.4. The fraction of sp³-hybridized carbons (Fsp3) is 0.750. The third-order valence-corrected chi connectivity index (χ3v) is 6.94. The minimum absolute atomic E-state index is 0.551. The molecule has 1 nitrogen and oxygen atoms in total. The molecule has 19 heavy (non-hydrogen) atoms. The zero-order chi connectivity index (χ0) is 14.0. The van der Waals surface area contributed by atoms with Crippen molar-refractivity contribution in [1.82, 2.24) is 5.32 Å². The van der Waals surface area contributed by atoms with Gasteiger partial charge in [-0.05, 0) is 71.6 Å². The van der Waals surface area contributed by atoms with Gasteiger partial charge in [-0.25, -0.2) is 0 Å². The minimum atomic E-state index is 0.551. The topological polar surface area (TPSA) is 12.0 Å². The molecule has 1 aromatic heterocycles. The highest BCUT2D eigenvalue weighted by Crippen LogP contribution is 2.42. The summed E-state index contributed by atoms with van der Waals surface area (Å²) in [4.78, 5) is 1.51. The second kappa shape index (κ2) is 6.73.